The molecule has 1 aromatic rings. The monoisotopic (exact) mass is 277 g/mol. The quantitative estimate of drug-likeness (QED) is 0.851. The SMILES string of the molecule is CNC(=O)C1CCN(Cc2nc(C)cc(NC)n2)CC1. The second-order valence-corrected chi connectivity index (χ2v) is 5.23. The van der Waals surface area contributed by atoms with Crippen LogP contribution in [0.2, 0.25) is 0 Å². The molecule has 0 bridgehead atoms. The van der Waals surface area contributed by atoms with E-state index in [1.54, 1.807) is 7.05 Å². The summed E-state index contributed by atoms with van der Waals surface area (Å²) >= 11 is 0. The van der Waals surface area contributed by atoms with Crippen LogP contribution in [0.1, 0.15) is 24.4 Å². The number of piperidine rings is 1. The van der Waals surface area contributed by atoms with E-state index < -0.39 is 0 Å². The summed E-state index contributed by atoms with van der Waals surface area (Å²) < 4.78 is 0. The zero-order valence-corrected chi connectivity index (χ0v) is 12.4. The van der Waals surface area contributed by atoms with Crippen molar-refractivity contribution in [3.05, 3.63) is 17.6 Å². The first-order valence-corrected chi connectivity index (χ1v) is 7.08. The Bertz CT molecular complexity index is 469. The molecule has 0 spiro atoms. The molecule has 0 atom stereocenters. The van der Waals surface area contributed by atoms with Gasteiger partial charge < -0.3 is 10.6 Å². The first-order valence-electron chi connectivity index (χ1n) is 7.08. The van der Waals surface area contributed by atoms with Crippen molar-refractivity contribution in [2.75, 3.05) is 32.5 Å². The molecule has 0 radical (unpaired) electrons. The number of hydrogen-bond acceptors (Lipinski definition) is 5. The number of amides is 1. The molecule has 2 N–H and O–H groups in total. The third-order valence-corrected chi connectivity index (χ3v) is 3.73. The van der Waals surface area contributed by atoms with Gasteiger partial charge in [0.25, 0.3) is 0 Å². The van der Waals surface area contributed by atoms with Crippen molar-refractivity contribution in [1.82, 2.24) is 20.2 Å². The van der Waals surface area contributed by atoms with E-state index in [4.69, 9.17) is 0 Å². The number of carbonyl (C=O) groups excluding carboxylic acids is 1. The van der Waals surface area contributed by atoms with Crippen LogP contribution in [0.3, 0.4) is 0 Å². The molecule has 1 fully saturated rings. The average Bonchev–Trinajstić information content (AvgIpc) is 2.46. The van der Waals surface area contributed by atoms with Gasteiger partial charge in [0.2, 0.25) is 5.91 Å². The first-order chi connectivity index (χ1) is 9.62. The van der Waals surface area contributed by atoms with Gasteiger partial charge in [0.1, 0.15) is 11.6 Å². The highest BCUT2D eigenvalue weighted by molar-refractivity contribution is 5.78. The maximum Gasteiger partial charge on any atom is 0.222 e. The van der Waals surface area contributed by atoms with E-state index in [2.05, 4.69) is 25.5 Å². The molecular formula is C14H23N5O. The van der Waals surface area contributed by atoms with Crippen LogP contribution in [-0.2, 0) is 11.3 Å². The largest absolute Gasteiger partial charge is 0.373 e. The molecular weight excluding hydrogens is 254 g/mol. The summed E-state index contributed by atoms with van der Waals surface area (Å²) in [5.41, 5.74) is 0.972. The van der Waals surface area contributed by atoms with Crippen molar-refractivity contribution in [2.24, 2.45) is 5.92 Å². The molecule has 1 aromatic heterocycles. The summed E-state index contributed by atoms with van der Waals surface area (Å²) in [6.45, 7) is 4.56. The van der Waals surface area contributed by atoms with E-state index in [1.165, 1.54) is 0 Å². The summed E-state index contributed by atoms with van der Waals surface area (Å²) in [6, 6.07) is 1.93. The van der Waals surface area contributed by atoms with Gasteiger partial charge in [-0.3, -0.25) is 9.69 Å². The van der Waals surface area contributed by atoms with Crippen LogP contribution in [-0.4, -0.2) is 48.0 Å². The molecule has 0 aliphatic carbocycles. The fourth-order valence-electron chi connectivity index (χ4n) is 2.59. The Kier molecular flexibility index (Phi) is 4.89. The Morgan fingerprint density at radius 2 is 2.05 bits per heavy atom. The van der Waals surface area contributed by atoms with E-state index in [-0.39, 0.29) is 11.8 Å². The molecule has 6 heteroatoms. The van der Waals surface area contributed by atoms with Crippen LogP contribution in [0.5, 0.6) is 0 Å². The van der Waals surface area contributed by atoms with Gasteiger partial charge in [0, 0.05) is 31.8 Å². The molecule has 1 saturated heterocycles. The minimum atomic E-state index is 0.155. The molecule has 2 rings (SSSR count). The van der Waals surface area contributed by atoms with Gasteiger partial charge in [-0.25, -0.2) is 9.97 Å². The van der Waals surface area contributed by atoms with Gasteiger partial charge in [0.05, 0.1) is 6.54 Å². The number of likely N-dealkylation sites (tertiary alicyclic amines) is 1. The van der Waals surface area contributed by atoms with Crippen LogP contribution in [0.15, 0.2) is 6.07 Å². The fraction of sp³-hybridized carbons (Fsp3) is 0.643. The number of nitrogens with one attached hydrogen (secondary N) is 2. The standard InChI is InChI=1S/C14H23N5O/c1-10-8-12(15-2)18-13(17-10)9-19-6-4-11(5-7-19)14(20)16-3/h8,11H,4-7,9H2,1-3H3,(H,16,20)(H,15,17,18). The van der Waals surface area contributed by atoms with E-state index in [0.29, 0.717) is 0 Å². The maximum atomic E-state index is 11.6. The van der Waals surface area contributed by atoms with Crippen molar-refractivity contribution >= 4 is 11.7 Å². The second kappa shape index (κ2) is 6.65. The minimum absolute atomic E-state index is 0.155. The van der Waals surface area contributed by atoms with Crippen molar-refractivity contribution in [3.63, 3.8) is 0 Å². The van der Waals surface area contributed by atoms with Crippen molar-refractivity contribution < 1.29 is 4.79 Å². The van der Waals surface area contributed by atoms with Gasteiger partial charge in [-0.2, -0.15) is 0 Å². The molecule has 2 heterocycles. The van der Waals surface area contributed by atoms with Crippen LogP contribution in [0.4, 0.5) is 5.82 Å². The molecule has 20 heavy (non-hydrogen) atoms. The normalized spacial score (nSPS) is 16.9. The van der Waals surface area contributed by atoms with Gasteiger partial charge in [-0.05, 0) is 32.9 Å². The Morgan fingerprint density at radius 1 is 1.35 bits per heavy atom. The van der Waals surface area contributed by atoms with Gasteiger partial charge in [-0.15, -0.1) is 0 Å². The van der Waals surface area contributed by atoms with Crippen molar-refractivity contribution in [2.45, 2.75) is 26.3 Å². The van der Waals surface area contributed by atoms with E-state index in [0.717, 1.165) is 49.8 Å². The molecule has 6 nitrogen and oxygen atoms in total. The average molecular weight is 277 g/mol. The van der Waals surface area contributed by atoms with Gasteiger partial charge >= 0.3 is 0 Å². The van der Waals surface area contributed by atoms with Gasteiger partial charge in [0.15, 0.2) is 0 Å². The van der Waals surface area contributed by atoms with E-state index in [1.807, 2.05) is 20.0 Å². The zero-order valence-electron chi connectivity index (χ0n) is 12.4. The van der Waals surface area contributed by atoms with Crippen molar-refractivity contribution in [3.8, 4) is 0 Å². The Labute approximate surface area is 120 Å². The molecule has 1 aliphatic heterocycles. The summed E-state index contributed by atoms with van der Waals surface area (Å²) in [4.78, 5) is 22.9. The highest BCUT2D eigenvalue weighted by atomic mass is 16.1. The maximum absolute atomic E-state index is 11.6. The third kappa shape index (κ3) is 3.66. The lowest BCUT2D eigenvalue weighted by molar-refractivity contribution is -0.125. The highest BCUT2D eigenvalue weighted by Crippen LogP contribution is 2.18. The number of hydrogen-bond donors (Lipinski definition) is 2. The molecule has 0 aromatic carbocycles. The van der Waals surface area contributed by atoms with E-state index >= 15 is 0 Å². The first kappa shape index (κ1) is 14.7. The molecule has 1 amide bonds. The summed E-state index contributed by atoms with van der Waals surface area (Å²) in [6.07, 6.45) is 1.81. The topological polar surface area (TPSA) is 70.2 Å². The number of rotatable bonds is 4. The number of aryl methyl sites for hydroxylation is 1. The number of carbonyl (C=O) groups is 1. The second-order valence-electron chi connectivity index (χ2n) is 5.23. The Hall–Kier alpha value is -1.69. The predicted octanol–water partition coefficient (Wildman–Crippen LogP) is 0.785. The van der Waals surface area contributed by atoms with Crippen LogP contribution < -0.4 is 10.6 Å². The van der Waals surface area contributed by atoms with E-state index in [9.17, 15) is 4.79 Å². The number of nitrogens with zero attached hydrogens (tertiary/aromatic N) is 3. The van der Waals surface area contributed by atoms with Crippen LogP contribution in [0, 0.1) is 12.8 Å². The lowest BCUT2D eigenvalue weighted by Crippen LogP contribution is -2.39. The molecule has 1 aliphatic rings. The third-order valence-electron chi connectivity index (χ3n) is 3.73. The molecule has 110 valence electrons. The van der Waals surface area contributed by atoms with Crippen LogP contribution >= 0.6 is 0 Å². The van der Waals surface area contributed by atoms with Gasteiger partial charge in [-0.1, -0.05) is 0 Å². The fourth-order valence-corrected chi connectivity index (χ4v) is 2.59. The highest BCUT2D eigenvalue weighted by Gasteiger charge is 2.24. The van der Waals surface area contributed by atoms with Crippen LogP contribution in [0.25, 0.3) is 0 Å². The summed E-state index contributed by atoms with van der Waals surface area (Å²) in [5, 5.41) is 5.78. The zero-order chi connectivity index (χ0) is 14.5. The lowest BCUT2D eigenvalue weighted by atomic mass is 9.96. The minimum Gasteiger partial charge on any atom is -0.373 e. The number of aromatic nitrogens is 2. The Morgan fingerprint density at radius 3 is 2.65 bits per heavy atom. The van der Waals surface area contributed by atoms with Crippen molar-refractivity contribution in [1.29, 1.82) is 0 Å². The summed E-state index contributed by atoms with van der Waals surface area (Å²) in [5.74, 6) is 2.01. The molecule has 0 saturated carbocycles. The molecule has 0 unspecified atom stereocenters. The predicted molar refractivity (Wildman–Crippen MR) is 78.4 cm³/mol. The Balaban J connectivity index is 1.92. The number of anilines is 1. The lowest BCUT2D eigenvalue weighted by Gasteiger charge is -2.30. The summed E-state index contributed by atoms with van der Waals surface area (Å²) in [7, 11) is 3.56. The smallest absolute Gasteiger partial charge is 0.222 e.